The predicted octanol–water partition coefficient (Wildman–Crippen LogP) is 6.38. The predicted molar refractivity (Wildman–Crippen MR) is 122 cm³/mol. The molecule has 2 atom stereocenters. The highest BCUT2D eigenvalue weighted by atomic mass is 19.1. The molecule has 4 rings (SSSR count). The zero-order valence-electron chi connectivity index (χ0n) is 19.2. The van der Waals surface area contributed by atoms with Crippen LogP contribution in [0.15, 0.2) is 42.5 Å². The van der Waals surface area contributed by atoms with Gasteiger partial charge in [0.15, 0.2) is 0 Å². The van der Waals surface area contributed by atoms with E-state index in [4.69, 9.17) is 9.47 Å². The van der Waals surface area contributed by atoms with Gasteiger partial charge in [-0.1, -0.05) is 24.3 Å². The number of carbonyl (C=O) groups is 1. The average molecular weight is 459 g/mol. The van der Waals surface area contributed by atoms with E-state index in [1.807, 2.05) is 24.3 Å². The van der Waals surface area contributed by atoms with Gasteiger partial charge in [-0.3, -0.25) is 0 Å². The van der Waals surface area contributed by atoms with Crippen molar-refractivity contribution in [3.63, 3.8) is 0 Å². The van der Waals surface area contributed by atoms with E-state index in [2.05, 4.69) is 0 Å². The molecule has 0 bridgehead atoms. The third kappa shape index (κ3) is 5.37. The van der Waals surface area contributed by atoms with Crippen LogP contribution in [0.1, 0.15) is 74.0 Å². The summed E-state index contributed by atoms with van der Waals surface area (Å²) in [5.74, 6) is -1.36. The Morgan fingerprint density at radius 3 is 2.48 bits per heavy atom. The van der Waals surface area contributed by atoms with E-state index < -0.39 is 17.6 Å². The standard InChI is InChI=1S/C27H32F2O4/c1-27(29,26(30)31)25(19-6-7-19)20-5-3-4-17(14-20)16-33-21-10-8-18(9-11-21)23-15-22(32-2)12-13-24(23)28/h3-5,12-15,18-19,21,25H,6-11,16H2,1-2H3,(H,30,31)/t18?,21?,25-,27?/m0/s1. The second-order valence-electron chi connectivity index (χ2n) is 9.61. The molecule has 4 nitrogen and oxygen atoms in total. The van der Waals surface area contributed by atoms with E-state index in [1.54, 1.807) is 19.2 Å². The molecular weight excluding hydrogens is 426 g/mol. The smallest absolute Gasteiger partial charge is 0.341 e. The Kier molecular flexibility index (Phi) is 7.03. The maximum absolute atomic E-state index is 15.0. The van der Waals surface area contributed by atoms with Crippen LogP contribution >= 0.6 is 0 Å². The Labute approximate surface area is 193 Å². The summed E-state index contributed by atoms with van der Waals surface area (Å²) in [6.07, 6.45) is 5.17. The number of methoxy groups -OCH3 is 1. The van der Waals surface area contributed by atoms with Crippen LogP contribution in [0.4, 0.5) is 8.78 Å². The van der Waals surface area contributed by atoms with Crippen LogP contribution in [0.5, 0.6) is 5.75 Å². The van der Waals surface area contributed by atoms with Crippen molar-refractivity contribution in [1.29, 1.82) is 0 Å². The molecule has 0 saturated heterocycles. The van der Waals surface area contributed by atoms with Crippen LogP contribution in [-0.4, -0.2) is 30.0 Å². The Bertz CT molecular complexity index is 978. The van der Waals surface area contributed by atoms with E-state index in [1.165, 1.54) is 13.0 Å². The van der Waals surface area contributed by atoms with Gasteiger partial charge in [0.25, 0.3) is 0 Å². The third-order valence-corrected chi connectivity index (χ3v) is 7.21. The molecule has 0 amide bonds. The maximum Gasteiger partial charge on any atom is 0.341 e. The van der Waals surface area contributed by atoms with Crippen LogP contribution in [0, 0.1) is 11.7 Å². The molecule has 2 aromatic rings. The molecule has 2 saturated carbocycles. The minimum atomic E-state index is -2.30. The summed E-state index contributed by atoms with van der Waals surface area (Å²) >= 11 is 0. The second-order valence-corrected chi connectivity index (χ2v) is 9.61. The Morgan fingerprint density at radius 2 is 1.85 bits per heavy atom. The topological polar surface area (TPSA) is 55.8 Å². The van der Waals surface area contributed by atoms with Crippen LogP contribution < -0.4 is 4.74 Å². The molecule has 1 N–H and O–H groups in total. The van der Waals surface area contributed by atoms with Gasteiger partial charge in [-0.05, 0) is 92.2 Å². The number of alkyl halides is 1. The molecular formula is C27H32F2O4. The first-order chi connectivity index (χ1) is 15.8. The first kappa shape index (κ1) is 23.7. The Balaban J connectivity index is 1.36. The number of halogens is 2. The first-order valence-electron chi connectivity index (χ1n) is 11.8. The average Bonchev–Trinajstić information content (AvgIpc) is 3.63. The lowest BCUT2D eigenvalue weighted by Gasteiger charge is -2.30. The van der Waals surface area contributed by atoms with Crippen molar-refractivity contribution in [1.82, 2.24) is 0 Å². The molecule has 2 aliphatic carbocycles. The van der Waals surface area contributed by atoms with Crippen LogP contribution in [0.25, 0.3) is 0 Å². The lowest BCUT2D eigenvalue weighted by molar-refractivity contribution is -0.151. The number of hydrogen-bond donors (Lipinski definition) is 1. The maximum atomic E-state index is 15.0. The summed E-state index contributed by atoms with van der Waals surface area (Å²) in [4.78, 5) is 11.5. The quantitative estimate of drug-likeness (QED) is 0.473. The SMILES string of the molecule is COc1ccc(F)c(C2CCC(OCc3cccc([C@H](C4CC4)C(C)(F)C(=O)O)c3)CC2)c1. The Morgan fingerprint density at radius 1 is 1.12 bits per heavy atom. The molecule has 2 aliphatic rings. The third-order valence-electron chi connectivity index (χ3n) is 7.21. The normalized spacial score (nSPS) is 23.5. The zero-order chi connectivity index (χ0) is 23.6. The molecule has 178 valence electrons. The summed E-state index contributed by atoms with van der Waals surface area (Å²) < 4.78 is 40.7. The molecule has 33 heavy (non-hydrogen) atoms. The summed E-state index contributed by atoms with van der Waals surface area (Å²) in [5.41, 5.74) is 0.0526. The highest BCUT2D eigenvalue weighted by Gasteiger charge is 2.50. The molecule has 1 unspecified atom stereocenters. The minimum Gasteiger partial charge on any atom is -0.497 e. The van der Waals surface area contributed by atoms with Crippen molar-refractivity contribution in [3.05, 3.63) is 65.0 Å². The molecule has 0 aromatic heterocycles. The number of rotatable bonds is 9. The molecule has 2 fully saturated rings. The van der Waals surface area contributed by atoms with Gasteiger partial charge in [-0.2, -0.15) is 0 Å². The van der Waals surface area contributed by atoms with Crippen LogP contribution in [0.3, 0.4) is 0 Å². The summed E-state index contributed by atoms with van der Waals surface area (Å²) in [7, 11) is 1.58. The fourth-order valence-electron chi connectivity index (χ4n) is 5.18. The van der Waals surface area contributed by atoms with Crippen molar-refractivity contribution < 1.29 is 28.2 Å². The lowest BCUT2D eigenvalue weighted by atomic mass is 9.80. The van der Waals surface area contributed by atoms with E-state index in [-0.39, 0.29) is 23.8 Å². The second kappa shape index (κ2) is 9.80. The van der Waals surface area contributed by atoms with Gasteiger partial charge in [0.2, 0.25) is 5.67 Å². The van der Waals surface area contributed by atoms with Crippen molar-refractivity contribution in [3.8, 4) is 5.75 Å². The number of benzene rings is 2. The van der Waals surface area contributed by atoms with Gasteiger partial charge >= 0.3 is 5.97 Å². The van der Waals surface area contributed by atoms with Gasteiger partial charge in [-0.15, -0.1) is 0 Å². The van der Waals surface area contributed by atoms with Gasteiger partial charge in [0.1, 0.15) is 11.6 Å². The van der Waals surface area contributed by atoms with Crippen LogP contribution in [-0.2, 0) is 16.1 Å². The number of ether oxygens (including phenoxy) is 2. The van der Waals surface area contributed by atoms with Gasteiger partial charge in [0, 0.05) is 5.92 Å². The number of hydrogen-bond acceptors (Lipinski definition) is 3. The van der Waals surface area contributed by atoms with Gasteiger partial charge < -0.3 is 14.6 Å². The zero-order valence-corrected chi connectivity index (χ0v) is 19.2. The van der Waals surface area contributed by atoms with E-state index in [0.717, 1.165) is 49.7 Å². The first-order valence-corrected chi connectivity index (χ1v) is 11.8. The lowest BCUT2D eigenvalue weighted by Crippen LogP contribution is -2.38. The van der Waals surface area contributed by atoms with Crippen molar-refractivity contribution in [2.45, 2.75) is 75.7 Å². The Hall–Kier alpha value is -2.47. The minimum absolute atomic E-state index is 0.0690. The number of aliphatic carboxylic acids is 1. The van der Waals surface area contributed by atoms with E-state index in [0.29, 0.717) is 17.9 Å². The number of carboxylic acids is 1. The van der Waals surface area contributed by atoms with Crippen molar-refractivity contribution in [2.24, 2.45) is 5.92 Å². The van der Waals surface area contributed by atoms with Crippen LogP contribution in [0.2, 0.25) is 0 Å². The van der Waals surface area contributed by atoms with Gasteiger partial charge in [-0.25, -0.2) is 13.6 Å². The highest BCUT2D eigenvalue weighted by molar-refractivity contribution is 5.78. The molecule has 6 heteroatoms. The highest BCUT2D eigenvalue weighted by Crippen LogP contribution is 2.50. The molecule has 0 spiro atoms. The van der Waals surface area contributed by atoms with E-state index >= 15 is 4.39 Å². The van der Waals surface area contributed by atoms with E-state index in [9.17, 15) is 14.3 Å². The monoisotopic (exact) mass is 458 g/mol. The van der Waals surface area contributed by atoms with Crippen molar-refractivity contribution >= 4 is 5.97 Å². The summed E-state index contributed by atoms with van der Waals surface area (Å²) in [6.45, 7) is 1.56. The molecule has 2 aromatic carbocycles. The molecule has 0 radical (unpaired) electrons. The fourth-order valence-corrected chi connectivity index (χ4v) is 5.18. The molecule has 0 aliphatic heterocycles. The summed E-state index contributed by atoms with van der Waals surface area (Å²) in [5, 5.41) is 9.41. The fraction of sp³-hybridized carbons (Fsp3) is 0.519. The van der Waals surface area contributed by atoms with Crippen molar-refractivity contribution in [2.75, 3.05) is 7.11 Å². The summed E-state index contributed by atoms with van der Waals surface area (Å²) in [6, 6.07) is 12.4. The van der Waals surface area contributed by atoms with Gasteiger partial charge in [0.05, 0.1) is 19.8 Å². The number of carboxylic acid groups (broad SMARTS) is 1. The molecule has 0 heterocycles. The largest absolute Gasteiger partial charge is 0.497 e.